The lowest BCUT2D eigenvalue weighted by Crippen LogP contribution is -2.58. The summed E-state index contributed by atoms with van der Waals surface area (Å²) in [5.74, 6) is 1.25. The van der Waals surface area contributed by atoms with Gasteiger partial charge in [0, 0.05) is 12.1 Å². The molecule has 2 saturated carbocycles. The molecule has 2 aliphatic carbocycles. The van der Waals surface area contributed by atoms with E-state index < -0.39 is 0 Å². The second-order valence-corrected chi connectivity index (χ2v) is 28.1. The number of phenolic OH excluding ortho intramolecular Hbond substituents is 2. The molecule has 0 aromatic heterocycles. The molecule has 0 radical (unpaired) electrons. The topological polar surface area (TPSA) is 98.7 Å². The monoisotopic (exact) mass is 895 g/mol. The average Bonchev–Trinajstić information content (AvgIpc) is 3.09. The molecule has 65 heavy (non-hydrogen) atoms. The maximum atomic E-state index is 12.9. The second kappa shape index (κ2) is 18.2. The highest BCUT2D eigenvalue weighted by molar-refractivity contribution is 5.87. The van der Waals surface area contributed by atoms with Crippen LogP contribution in [0.1, 0.15) is 210 Å². The van der Waals surface area contributed by atoms with E-state index in [1.807, 2.05) is 0 Å². The molecule has 2 amide bonds. The van der Waals surface area contributed by atoms with Gasteiger partial charge in [-0.2, -0.15) is 0 Å². The van der Waals surface area contributed by atoms with Crippen LogP contribution in [0.25, 0.3) is 0 Å². The molecule has 2 fully saturated rings. The van der Waals surface area contributed by atoms with E-state index in [0.29, 0.717) is 23.3 Å². The fourth-order valence-corrected chi connectivity index (χ4v) is 13.6. The predicted octanol–water partition coefficient (Wildman–Crippen LogP) is 14.1. The van der Waals surface area contributed by atoms with Gasteiger partial charge in [-0.05, 0) is 157 Å². The lowest BCUT2D eigenvalue weighted by molar-refractivity contribution is -0.121. The van der Waals surface area contributed by atoms with Crippen LogP contribution in [-0.4, -0.2) is 34.1 Å². The van der Waals surface area contributed by atoms with Crippen molar-refractivity contribution in [3.8, 4) is 11.5 Å². The molecule has 2 aliphatic rings. The van der Waals surface area contributed by atoms with Crippen molar-refractivity contribution in [2.75, 3.05) is 0 Å². The highest BCUT2D eigenvalue weighted by Gasteiger charge is 2.53. The van der Waals surface area contributed by atoms with Crippen molar-refractivity contribution in [2.45, 2.75) is 224 Å². The van der Waals surface area contributed by atoms with Gasteiger partial charge in [-0.1, -0.05) is 176 Å². The molecule has 0 unspecified atom stereocenters. The molecule has 6 nitrogen and oxygen atoms in total. The molecule has 6 heteroatoms. The van der Waals surface area contributed by atoms with E-state index in [1.165, 1.54) is 23.3 Å². The van der Waals surface area contributed by atoms with Crippen LogP contribution in [0.2, 0.25) is 0 Å². The summed E-state index contributed by atoms with van der Waals surface area (Å²) in [6, 6.07) is 9.20. The third kappa shape index (κ3) is 12.5. The number of carbonyl (C=O) groups excluding carboxylic acids is 2. The summed E-state index contributed by atoms with van der Waals surface area (Å²) in [6.45, 7) is 52.6. The molecule has 4 rings (SSSR count). The third-order valence-electron chi connectivity index (χ3n) is 15.5. The molecule has 0 atom stereocenters. The second-order valence-electron chi connectivity index (χ2n) is 28.1. The van der Waals surface area contributed by atoms with Crippen molar-refractivity contribution in [2.24, 2.45) is 38.9 Å². The number of carbonyl (C=O) groups is 2. The van der Waals surface area contributed by atoms with Gasteiger partial charge in [0.2, 0.25) is 11.8 Å². The molecule has 0 bridgehead atoms. The van der Waals surface area contributed by atoms with Crippen molar-refractivity contribution in [1.82, 2.24) is 10.6 Å². The van der Waals surface area contributed by atoms with Crippen LogP contribution in [0.15, 0.2) is 49.6 Å². The SMILES string of the molecule is C=CC(=O)NC1C(C)(C)CC(CC(Cc2cc(C(C)(C)C)c(O)c(C(C)(C)C)c2)(Cc2cc(C(C)(C)C)c(O)c(C(C)(C)C)c2)CC2CC(C)(C)C(NC(=O)C=C)C(C)(C)C2)CC1(C)C. The maximum absolute atomic E-state index is 12.9. The number of aromatic hydroxyl groups is 2. The lowest BCUT2D eigenvalue weighted by Gasteiger charge is -2.55. The van der Waals surface area contributed by atoms with Crippen LogP contribution in [0, 0.1) is 38.9 Å². The summed E-state index contributed by atoms with van der Waals surface area (Å²) in [5.41, 5.74) is 4.28. The Kier molecular flexibility index (Phi) is 15.1. The first kappa shape index (κ1) is 54.1. The molecule has 4 N–H and O–H groups in total. The number of benzene rings is 2. The Morgan fingerprint density at radius 2 is 0.754 bits per heavy atom. The standard InChI is InChI=1S/C59H94N2O4/c1-23-45(62)60-49-55(15,16)29-39(30-56(49,17)18)35-59(33-37-25-41(51(3,4)5)47(64)42(26-37)52(6,7)8,34-38-27-43(53(9,10)11)48(65)44(28-38)54(12,13)14)36-40-31-57(19,20)50(58(21,22)32-40)61-46(63)24-2/h23-28,39-40,49-50,64-65H,1-2,29-36H2,3-22H3,(H,60,62)(H,61,63). The van der Waals surface area contributed by atoms with Crippen LogP contribution < -0.4 is 10.6 Å². The molecule has 364 valence electrons. The van der Waals surface area contributed by atoms with Gasteiger partial charge in [-0.15, -0.1) is 0 Å². The highest BCUT2D eigenvalue weighted by Crippen LogP contribution is 2.57. The molecule has 2 aromatic carbocycles. The van der Waals surface area contributed by atoms with E-state index in [0.717, 1.165) is 73.6 Å². The minimum atomic E-state index is -0.284. The smallest absolute Gasteiger partial charge is 0.243 e. The Morgan fingerprint density at radius 1 is 0.523 bits per heavy atom. The summed E-state index contributed by atoms with van der Waals surface area (Å²) < 4.78 is 0. The number of phenols is 2. The Bertz CT molecular complexity index is 1830. The van der Waals surface area contributed by atoms with Gasteiger partial charge >= 0.3 is 0 Å². The number of amides is 2. The third-order valence-corrected chi connectivity index (χ3v) is 15.5. The summed E-state index contributed by atoms with van der Waals surface area (Å²) in [4.78, 5) is 25.9. The fourth-order valence-electron chi connectivity index (χ4n) is 13.6. The average molecular weight is 895 g/mol. The van der Waals surface area contributed by atoms with E-state index in [4.69, 9.17) is 0 Å². The molecule has 0 aliphatic heterocycles. The summed E-state index contributed by atoms with van der Waals surface area (Å²) >= 11 is 0. The van der Waals surface area contributed by atoms with E-state index in [-0.39, 0.29) is 72.6 Å². The minimum Gasteiger partial charge on any atom is -0.507 e. The van der Waals surface area contributed by atoms with Crippen molar-refractivity contribution >= 4 is 11.8 Å². The minimum absolute atomic E-state index is 0.0182. The number of hydrogen-bond acceptors (Lipinski definition) is 4. The van der Waals surface area contributed by atoms with Crippen molar-refractivity contribution in [3.63, 3.8) is 0 Å². The summed E-state index contributed by atoms with van der Waals surface area (Å²) in [5, 5.41) is 30.8. The van der Waals surface area contributed by atoms with Gasteiger partial charge in [-0.3, -0.25) is 9.59 Å². The summed E-state index contributed by atoms with van der Waals surface area (Å²) in [7, 11) is 0. The molecule has 2 aromatic rings. The Labute approximate surface area is 397 Å². The van der Waals surface area contributed by atoms with Crippen LogP contribution in [0.3, 0.4) is 0 Å². The van der Waals surface area contributed by atoms with E-state index in [1.54, 1.807) is 0 Å². The van der Waals surface area contributed by atoms with Crippen molar-refractivity contribution in [1.29, 1.82) is 0 Å². The van der Waals surface area contributed by atoms with Crippen molar-refractivity contribution < 1.29 is 19.8 Å². The Morgan fingerprint density at radius 3 is 0.954 bits per heavy atom. The quantitative estimate of drug-likeness (QED) is 0.160. The Balaban J connectivity index is 2.10. The zero-order valence-electron chi connectivity index (χ0n) is 45.1. The van der Waals surface area contributed by atoms with Crippen LogP contribution in [0.5, 0.6) is 11.5 Å². The first-order chi connectivity index (χ1) is 29.2. The van der Waals surface area contributed by atoms with Gasteiger partial charge in [-0.25, -0.2) is 0 Å². The van der Waals surface area contributed by atoms with Gasteiger partial charge < -0.3 is 20.8 Å². The zero-order chi connectivity index (χ0) is 49.9. The van der Waals surface area contributed by atoms with Gasteiger partial charge in [0.05, 0.1) is 0 Å². The molecular formula is C59H94N2O4. The van der Waals surface area contributed by atoms with Crippen LogP contribution in [0.4, 0.5) is 0 Å². The van der Waals surface area contributed by atoms with Gasteiger partial charge in [0.15, 0.2) is 0 Å². The van der Waals surface area contributed by atoms with Crippen molar-refractivity contribution in [3.05, 3.63) is 83.0 Å². The summed E-state index contributed by atoms with van der Waals surface area (Å²) in [6.07, 6.45) is 10.2. The fraction of sp³-hybridized carbons (Fsp3) is 0.695. The van der Waals surface area contributed by atoms with Gasteiger partial charge in [0.25, 0.3) is 0 Å². The normalized spacial score (nSPS) is 23.3. The molecule has 0 heterocycles. The molecular weight excluding hydrogens is 801 g/mol. The van der Waals surface area contributed by atoms with E-state index >= 15 is 0 Å². The largest absolute Gasteiger partial charge is 0.507 e. The van der Waals surface area contributed by atoms with Crippen LogP contribution in [-0.2, 0) is 44.1 Å². The number of rotatable bonds is 12. The Hall–Kier alpha value is -3.54. The number of hydrogen-bond donors (Lipinski definition) is 4. The van der Waals surface area contributed by atoms with E-state index in [9.17, 15) is 19.8 Å². The highest BCUT2D eigenvalue weighted by atomic mass is 16.3. The molecule has 0 saturated heterocycles. The van der Waals surface area contributed by atoms with Gasteiger partial charge in [0.1, 0.15) is 11.5 Å². The number of nitrogens with one attached hydrogen (secondary N) is 2. The lowest BCUT2D eigenvalue weighted by atomic mass is 9.52. The predicted molar refractivity (Wildman–Crippen MR) is 275 cm³/mol. The van der Waals surface area contributed by atoms with Crippen LogP contribution >= 0.6 is 0 Å². The zero-order valence-corrected chi connectivity index (χ0v) is 45.1. The maximum Gasteiger partial charge on any atom is 0.243 e. The molecule has 0 spiro atoms. The first-order valence-corrected chi connectivity index (χ1v) is 24.8. The van der Waals surface area contributed by atoms with E-state index in [2.05, 4.69) is 187 Å². The first-order valence-electron chi connectivity index (χ1n) is 24.8.